The molecule has 0 bridgehead atoms. The predicted octanol–water partition coefficient (Wildman–Crippen LogP) is 5.93. The average molecular weight is 690 g/mol. The van der Waals surface area contributed by atoms with E-state index in [-0.39, 0.29) is 19.4 Å². The minimum Gasteiger partial charge on any atom is -0.463 e. The van der Waals surface area contributed by atoms with Gasteiger partial charge >= 0.3 is 5.97 Å². The number of nitrogens with one attached hydrogen (secondary N) is 3. The molecule has 3 amide bonds. The molecule has 0 aromatic heterocycles. The molecule has 9 heteroatoms. The number of hydrogen-bond acceptors (Lipinski definition) is 6. The second-order valence-corrected chi connectivity index (χ2v) is 12.6. The van der Waals surface area contributed by atoms with Crippen molar-refractivity contribution in [2.24, 2.45) is 11.8 Å². The Hall–Kier alpha value is -5.54. The summed E-state index contributed by atoms with van der Waals surface area (Å²) in [4.78, 5) is 54.0. The van der Waals surface area contributed by atoms with E-state index in [2.05, 4.69) is 29.1 Å². The summed E-state index contributed by atoms with van der Waals surface area (Å²) in [5.41, 5.74) is 2.43. The van der Waals surface area contributed by atoms with Crippen molar-refractivity contribution in [1.82, 2.24) is 10.6 Å². The Labute approximate surface area is 299 Å². The van der Waals surface area contributed by atoms with Crippen molar-refractivity contribution in [3.63, 3.8) is 0 Å². The second-order valence-electron chi connectivity index (χ2n) is 12.6. The Morgan fingerprint density at radius 1 is 0.725 bits per heavy atom. The van der Waals surface area contributed by atoms with Gasteiger partial charge in [-0.1, -0.05) is 103 Å². The molecule has 0 fully saturated rings. The number of fused-ring (bicyclic) bond motifs is 1. The number of amides is 3. The number of anilines is 1. The third-order valence-corrected chi connectivity index (χ3v) is 8.58. The van der Waals surface area contributed by atoms with Crippen LogP contribution >= 0.6 is 0 Å². The Morgan fingerprint density at radius 3 is 2.02 bits per heavy atom. The van der Waals surface area contributed by atoms with Gasteiger partial charge in [0.15, 0.2) is 0 Å². The maximum Gasteiger partial charge on any atom is 0.309 e. The first kappa shape index (κ1) is 38.3. The van der Waals surface area contributed by atoms with Crippen molar-refractivity contribution in [1.29, 1.82) is 0 Å². The molecule has 4 N–H and O–H groups in total. The highest BCUT2D eigenvalue weighted by atomic mass is 16.5. The van der Waals surface area contributed by atoms with Crippen LogP contribution in [0.1, 0.15) is 36.8 Å². The number of rotatable bonds is 20. The number of hydrogen-bond donors (Lipinski definition) is 4. The van der Waals surface area contributed by atoms with E-state index >= 15 is 0 Å². The molecule has 0 aliphatic rings. The average Bonchev–Trinajstić information content (AvgIpc) is 3.15. The number of carbonyl (C=O) groups is 4. The van der Waals surface area contributed by atoms with Gasteiger partial charge in [0, 0.05) is 12.1 Å². The summed E-state index contributed by atoms with van der Waals surface area (Å²) in [6, 6.07) is 30.4. The smallest absolute Gasteiger partial charge is 0.309 e. The van der Waals surface area contributed by atoms with E-state index in [1.807, 2.05) is 97.1 Å². The molecular formula is C42H47N3O6. The molecule has 4 rings (SSSR count). The zero-order chi connectivity index (χ0) is 36.4. The molecule has 0 heterocycles. The number of carbonyl (C=O) groups excluding carboxylic acids is 4. The molecule has 4 aromatic rings. The van der Waals surface area contributed by atoms with E-state index in [0.717, 1.165) is 21.9 Å². The van der Waals surface area contributed by atoms with Gasteiger partial charge in [0.05, 0.1) is 24.5 Å². The molecule has 0 unspecified atom stereocenters. The Balaban J connectivity index is 1.48. The van der Waals surface area contributed by atoms with Gasteiger partial charge in [0.25, 0.3) is 5.91 Å². The van der Waals surface area contributed by atoms with Crippen molar-refractivity contribution in [3.8, 4) is 0 Å². The fraction of sp³-hybridized carbons (Fsp3) is 0.286. The second kappa shape index (κ2) is 20.2. The largest absolute Gasteiger partial charge is 0.463 e. The van der Waals surface area contributed by atoms with Crippen LogP contribution in [0.3, 0.4) is 0 Å². The normalized spacial score (nSPS) is 13.2. The van der Waals surface area contributed by atoms with Crippen LogP contribution in [-0.2, 0) is 36.8 Å². The number of aliphatic hydroxyl groups excluding tert-OH is 1. The predicted molar refractivity (Wildman–Crippen MR) is 201 cm³/mol. The van der Waals surface area contributed by atoms with E-state index in [4.69, 9.17) is 4.74 Å². The molecule has 9 nitrogen and oxygen atoms in total. The Morgan fingerprint density at radius 2 is 1.37 bits per heavy atom. The first-order chi connectivity index (χ1) is 24.8. The van der Waals surface area contributed by atoms with Crippen LogP contribution in [0, 0.1) is 11.8 Å². The molecule has 0 spiro atoms. The van der Waals surface area contributed by atoms with E-state index in [1.165, 1.54) is 6.08 Å². The zero-order valence-electron chi connectivity index (χ0n) is 28.8. The van der Waals surface area contributed by atoms with Crippen LogP contribution < -0.4 is 16.0 Å². The van der Waals surface area contributed by atoms with Gasteiger partial charge in [-0.15, -0.1) is 13.2 Å². The van der Waals surface area contributed by atoms with Crippen LogP contribution in [0.5, 0.6) is 0 Å². The number of esters is 1. The third-order valence-electron chi connectivity index (χ3n) is 8.58. The molecule has 4 aromatic carbocycles. The van der Waals surface area contributed by atoms with Gasteiger partial charge < -0.3 is 25.8 Å². The molecule has 0 aliphatic heterocycles. The van der Waals surface area contributed by atoms with Crippen molar-refractivity contribution in [2.75, 3.05) is 18.5 Å². The van der Waals surface area contributed by atoms with Crippen molar-refractivity contribution >= 4 is 40.2 Å². The SMILES string of the molecule is C=CCC[C@H](Cc1ccccc1)C(=O)OC[C@H](NC(=O)[C@H](CC=C)CC(=O)N[C@@H](CO)Cc1ccccc1)C(=O)Nc1ccc2ccccc2c1. The lowest BCUT2D eigenvalue weighted by atomic mass is 9.95. The van der Waals surface area contributed by atoms with E-state index < -0.39 is 54.2 Å². The van der Waals surface area contributed by atoms with E-state index in [1.54, 1.807) is 12.1 Å². The summed E-state index contributed by atoms with van der Waals surface area (Å²) in [6.45, 7) is 6.83. The van der Waals surface area contributed by atoms with Gasteiger partial charge in [-0.05, 0) is 66.1 Å². The van der Waals surface area contributed by atoms with Crippen LogP contribution in [-0.4, -0.2) is 54.1 Å². The van der Waals surface area contributed by atoms with E-state index in [9.17, 15) is 24.3 Å². The summed E-state index contributed by atoms with van der Waals surface area (Å²) in [5, 5.41) is 20.2. The van der Waals surface area contributed by atoms with Gasteiger partial charge in [0.2, 0.25) is 11.8 Å². The van der Waals surface area contributed by atoms with Crippen LogP contribution in [0.4, 0.5) is 5.69 Å². The Bertz CT molecular complexity index is 1760. The summed E-state index contributed by atoms with van der Waals surface area (Å²) < 4.78 is 5.73. The fourth-order valence-corrected chi connectivity index (χ4v) is 5.83. The molecule has 4 atom stereocenters. The standard InChI is InChI=1S/C42H47N3O6/c1-3-5-19-35(24-30-15-8-6-9-16-30)42(50)51-29-38(41(49)44-36-23-22-32-20-12-13-21-33(32)26-36)45-40(48)34(14-4-2)27-39(47)43-37(28-46)25-31-17-10-7-11-18-31/h3-4,6-13,15-18,20-23,26,34-35,37-38,46H,1-2,5,14,19,24-25,27-29H2,(H,43,47)(H,44,49)(H,45,48)/t34-,35-,37-,38+/m1/s1. The van der Waals surface area contributed by atoms with Gasteiger partial charge in [-0.2, -0.15) is 0 Å². The third kappa shape index (κ3) is 12.4. The molecular weight excluding hydrogens is 642 g/mol. The molecule has 0 saturated carbocycles. The van der Waals surface area contributed by atoms with Crippen molar-refractivity contribution < 1.29 is 29.0 Å². The maximum atomic E-state index is 13.7. The summed E-state index contributed by atoms with van der Waals surface area (Å²) in [6.07, 6.45) is 5.19. The molecule has 51 heavy (non-hydrogen) atoms. The highest BCUT2D eigenvalue weighted by molar-refractivity contribution is 5.99. The van der Waals surface area contributed by atoms with Crippen LogP contribution in [0.25, 0.3) is 10.8 Å². The Kier molecular flexibility index (Phi) is 15.2. The summed E-state index contributed by atoms with van der Waals surface area (Å²) in [5.74, 6) is -3.44. The fourth-order valence-electron chi connectivity index (χ4n) is 5.83. The molecule has 0 saturated heterocycles. The lowest BCUT2D eigenvalue weighted by molar-refractivity contribution is -0.150. The monoisotopic (exact) mass is 689 g/mol. The van der Waals surface area contributed by atoms with Gasteiger partial charge in [-0.25, -0.2) is 0 Å². The van der Waals surface area contributed by atoms with Gasteiger partial charge in [-0.3, -0.25) is 19.2 Å². The topological polar surface area (TPSA) is 134 Å². The number of aliphatic hydroxyl groups is 1. The molecule has 0 aliphatic carbocycles. The first-order valence-corrected chi connectivity index (χ1v) is 17.3. The number of allylic oxidation sites excluding steroid dienone is 2. The van der Waals surface area contributed by atoms with Crippen molar-refractivity contribution in [3.05, 3.63) is 140 Å². The lowest BCUT2D eigenvalue weighted by Gasteiger charge is -2.24. The van der Waals surface area contributed by atoms with Crippen molar-refractivity contribution in [2.45, 2.75) is 50.6 Å². The number of benzene rings is 4. The summed E-state index contributed by atoms with van der Waals surface area (Å²) in [7, 11) is 0. The first-order valence-electron chi connectivity index (χ1n) is 17.3. The highest BCUT2D eigenvalue weighted by Crippen LogP contribution is 2.20. The minimum atomic E-state index is -1.26. The van der Waals surface area contributed by atoms with Crippen LogP contribution in [0.2, 0.25) is 0 Å². The minimum absolute atomic E-state index is 0.154. The summed E-state index contributed by atoms with van der Waals surface area (Å²) >= 11 is 0. The van der Waals surface area contributed by atoms with Crippen LogP contribution in [0.15, 0.2) is 128 Å². The highest BCUT2D eigenvalue weighted by Gasteiger charge is 2.30. The maximum absolute atomic E-state index is 13.7. The number of ether oxygens (including phenoxy) is 1. The molecule has 0 radical (unpaired) electrons. The zero-order valence-corrected chi connectivity index (χ0v) is 28.8. The lowest BCUT2D eigenvalue weighted by Crippen LogP contribution is -2.50. The van der Waals surface area contributed by atoms with E-state index in [0.29, 0.717) is 31.4 Å². The molecule has 266 valence electrons. The quantitative estimate of drug-likeness (QED) is 0.0672. The van der Waals surface area contributed by atoms with Gasteiger partial charge in [0.1, 0.15) is 12.6 Å².